The number of benzene rings is 2. The Morgan fingerprint density at radius 3 is 2.63 bits per heavy atom. The van der Waals surface area contributed by atoms with Gasteiger partial charge >= 0.3 is 11.9 Å². The van der Waals surface area contributed by atoms with Crippen LogP contribution in [0.3, 0.4) is 0 Å². The van der Waals surface area contributed by atoms with E-state index in [1.807, 2.05) is 21.4 Å². The van der Waals surface area contributed by atoms with E-state index in [0.29, 0.717) is 35.8 Å². The molecule has 0 aliphatic carbocycles. The standard InChI is InChI=1S/C29H32ClF3N6O3S/c1-43(41,42)37-14-11-25-22(17-37)27(18-4-6-20(7-5-18)29(31,32)33)36-38(25)13-2-3-19-16-34-12-10-24(19)39-26-15-21(30)8-9-23(26)35-28(39)40/h4-9,15,19,24,34H,2-3,10-14,16-17H2,1H3,(H,35,40). The number of fused-ring (bicyclic) bond motifs is 2. The van der Waals surface area contributed by atoms with Gasteiger partial charge in [-0.05, 0) is 68.6 Å². The molecule has 0 spiro atoms. The second-order valence-corrected chi connectivity index (χ2v) is 13.8. The Labute approximate surface area is 251 Å². The molecule has 43 heavy (non-hydrogen) atoms. The van der Waals surface area contributed by atoms with Gasteiger partial charge in [0.15, 0.2) is 0 Å². The van der Waals surface area contributed by atoms with Gasteiger partial charge in [-0.2, -0.15) is 22.6 Å². The molecule has 0 radical (unpaired) electrons. The fraction of sp³-hybridized carbons (Fsp3) is 0.448. The van der Waals surface area contributed by atoms with Gasteiger partial charge in [0.25, 0.3) is 0 Å². The van der Waals surface area contributed by atoms with Gasteiger partial charge in [-0.3, -0.25) is 9.25 Å². The van der Waals surface area contributed by atoms with Crippen LogP contribution in [-0.2, 0) is 35.7 Å². The molecule has 4 heterocycles. The van der Waals surface area contributed by atoms with E-state index in [1.165, 1.54) is 16.4 Å². The third-order valence-corrected chi connectivity index (χ3v) is 10.1. The number of aromatic nitrogens is 4. The highest BCUT2D eigenvalue weighted by Crippen LogP contribution is 2.35. The van der Waals surface area contributed by atoms with Crippen molar-refractivity contribution < 1.29 is 21.6 Å². The van der Waals surface area contributed by atoms with E-state index in [1.54, 1.807) is 6.07 Å². The number of halogens is 4. The predicted octanol–water partition coefficient (Wildman–Crippen LogP) is 4.81. The first kappa shape index (κ1) is 29.9. The summed E-state index contributed by atoms with van der Waals surface area (Å²) in [7, 11) is -3.46. The van der Waals surface area contributed by atoms with Crippen LogP contribution in [0.4, 0.5) is 13.2 Å². The van der Waals surface area contributed by atoms with Gasteiger partial charge in [0, 0.05) is 53.9 Å². The van der Waals surface area contributed by atoms with Gasteiger partial charge in [-0.1, -0.05) is 23.7 Å². The Balaban J connectivity index is 1.26. The van der Waals surface area contributed by atoms with Crippen LogP contribution in [0, 0.1) is 5.92 Å². The molecule has 2 atom stereocenters. The number of nitrogens with zero attached hydrogens (tertiary/aromatic N) is 4. The molecule has 2 N–H and O–H groups in total. The van der Waals surface area contributed by atoms with Crippen molar-refractivity contribution in [2.24, 2.45) is 5.92 Å². The van der Waals surface area contributed by atoms with Crippen LogP contribution >= 0.6 is 11.6 Å². The van der Waals surface area contributed by atoms with Crippen LogP contribution in [0.1, 0.15) is 42.1 Å². The molecular weight excluding hydrogens is 605 g/mol. The zero-order valence-electron chi connectivity index (χ0n) is 23.5. The lowest BCUT2D eigenvalue weighted by Gasteiger charge is -2.33. The number of hydrogen-bond donors (Lipinski definition) is 2. The number of sulfonamides is 1. The van der Waals surface area contributed by atoms with E-state index >= 15 is 0 Å². The van der Waals surface area contributed by atoms with E-state index in [9.17, 15) is 26.4 Å². The summed E-state index contributed by atoms with van der Waals surface area (Å²) in [5.74, 6) is 0.172. The summed E-state index contributed by atoms with van der Waals surface area (Å²) in [6.45, 7) is 2.53. The van der Waals surface area contributed by atoms with Gasteiger partial charge in [0.1, 0.15) is 0 Å². The monoisotopic (exact) mass is 636 g/mol. The Kier molecular flexibility index (Phi) is 7.95. The first-order valence-corrected chi connectivity index (χ1v) is 16.4. The van der Waals surface area contributed by atoms with Crippen molar-refractivity contribution in [2.45, 2.75) is 51.0 Å². The van der Waals surface area contributed by atoms with E-state index in [4.69, 9.17) is 16.7 Å². The maximum atomic E-state index is 13.2. The summed E-state index contributed by atoms with van der Waals surface area (Å²) >= 11 is 6.25. The number of nitrogens with one attached hydrogen (secondary N) is 2. The van der Waals surface area contributed by atoms with Crippen molar-refractivity contribution in [1.82, 2.24) is 29.0 Å². The first-order chi connectivity index (χ1) is 20.4. The normalized spacial score (nSPS) is 20.0. The minimum atomic E-state index is -4.46. The van der Waals surface area contributed by atoms with Crippen molar-refractivity contribution in [3.05, 3.63) is 74.8 Å². The number of rotatable bonds is 7. The quantitative estimate of drug-likeness (QED) is 0.303. The highest BCUT2D eigenvalue weighted by molar-refractivity contribution is 7.88. The Morgan fingerprint density at radius 2 is 1.91 bits per heavy atom. The molecule has 230 valence electrons. The number of aryl methyl sites for hydroxylation is 1. The number of aromatic amines is 1. The predicted molar refractivity (Wildman–Crippen MR) is 158 cm³/mol. The minimum Gasteiger partial charge on any atom is -0.316 e. The third kappa shape index (κ3) is 6.00. The van der Waals surface area contributed by atoms with Gasteiger partial charge in [-0.15, -0.1) is 0 Å². The van der Waals surface area contributed by atoms with Crippen molar-refractivity contribution >= 4 is 32.7 Å². The van der Waals surface area contributed by atoms with E-state index in [2.05, 4.69) is 10.3 Å². The SMILES string of the molecule is CS(=O)(=O)N1CCc2c(c(-c3ccc(C(F)(F)F)cc3)nn2CCCC2CNCCC2n2c(=O)[nH]c3ccc(Cl)cc32)C1. The molecule has 14 heteroatoms. The van der Waals surface area contributed by atoms with Crippen molar-refractivity contribution in [2.75, 3.05) is 25.9 Å². The number of alkyl halides is 3. The van der Waals surface area contributed by atoms with E-state index < -0.39 is 21.8 Å². The maximum absolute atomic E-state index is 13.2. The second kappa shape index (κ2) is 11.4. The molecule has 2 aliphatic rings. The lowest BCUT2D eigenvalue weighted by molar-refractivity contribution is -0.137. The van der Waals surface area contributed by atoms with Crippen molar-refractivity contribution in [1.29, 1.82) is 0 Å². The van der Waals surface area contributed by atoms with Crippen molar-refractivity contribution in [3.8, 4) is 11.3 Å². The highest BCUT2D eigenvalue weighted by Gasteiger charge is 2.33. The zero-order chi connectivity index (χ0) is 30.5. The van der Waals surface area contributed by atoms with E-state index in [-0.39, 0.29) is 24.2 Å². The molecule has 1 fully saturated rings. The summed E-state index contributed by atoms with van der Waals surface area (Å²) in [6, 6.07) is 10.2. The lowest BCUT2D eigenvalue weighted by Crippen LogP contribution is -2.40. The van der Waals surface area contributed by atoms with Gasteiger partial charge in [-0.25, -0.2) is 13.2 Å². The zero-order valence-corrected chi connectivity index (χ0v) is 25.1. The summed E-state index contributed by atoms with van der Waals surface area (Å²) in [6.07, 6.45) is -0.508. The fourth-order valence-corrected chi connectivity index (χ4v) is 7.41. The summed E-state index contributed by atoms with van der Waals surface area (Å²) < 4.78 is 69.3. The molecule has 2 aliphatic heterocycles. The molecule has 2 aromatic carbocycles. The lowest BCUT2D eigenvalue weighted by atomic mass is 9.89. The number of H-pyrrole nitrogens is 1. The van der Waals surface area contributed by atoms with Crippen molar-refractivity contribution in [3.63, 3.8) is 0 Å². The average molecular weight is 637 g/mol. The molecule has 0 saturated carbocycles. The van der Waals surface area contributed by atoms with Crippen LogP contribution in [0.2, 0.25) is 5.02 Å². The Morgan fingerprint density at radius 1 is 1.14 bits per heavy atom. The number of piperidine rings is 1. The van der Waals surface area contributed by atoms with Crippen LogP contribution in [-0.4, -0.2) is 57.9 Å². The van der Waals surface area contributed by atoms with Crippen LogP contribution in [0.5, 0.6) is 0 Å². The molecule has 0 bridgehead atoms. The summed E-state index contributed by atoms with van der Waals surface area (Å²) in [5.41, 5.74) is 3.23. The number of imidazole rings is 1. The molecular formula is C29H32ClF3N6O3S. The molecule has 2 unspecified atom stereocenters. The van der Waals surface area contributed by atoms with E-state index in [0.717, 1.165) is 73.0 Å². The minimum absolute atomic E-state index is 0.0152. The fourth-order valence-electron chi connectivity index (χ4n) is 6.45. The topological polar surface area (TPSA) is 105 Å². The Bertz CT molecular complexity index is 1810. The largest absolute Gasteiger partial charge is 0.416 e. The maximum Gasteiger partial charge on any atom is 0.416 e. The van der Waals surface area contributed by atoms with Crippen LogP contribution < -0.4 is 11.0 Å². The third-order valence-electron chi connectivity index (χ3n) is 8.58. The summed E-state index contributed by atoms with van der Waals surface area (Å²) in [5, 5.41) is 8.82. The molecule has 4 aromatic rings. The Hall–Kier alpha value is -3.13. The summed E-state index contributed by atoms with van der Waals surface area (Å²) in [4.78, 5) is 15.9. The van der Waals surface area contributed by atoms with Crippen LogP contribution in [0.15, 0.2) is 47.3 Å². The van der Waals surface area contributed by atoms with Gasteiger partial charge in [0.05, 0.1) is 28.5 Å². The highest BCUT2D eigenvalue weighted by atomic mass is 35.5. The molecule has 1 saturated heterocycles. The van der Waals surface area contributed by atoms with Crippen LogP contribution in [0.25, 0.3) is 22.3 Å². The first-order valence-electron chi connectivity index (χ1n) is 14.2. The van der Waals surface area contributed by atoms with Gasteiger partial charge < -0.3 is 10.3 Å². The van der Waals surface area contributed by atoms with Gasteiger partial charge in [0.2, 0.25) is 10.0 Å². The number of hydrogen-bond acceptors (Lipinski definition) is 5. The average Bonchev–Trinajstić information content (AvgIpc) is 3.48. The smallest absolute Gasteiger partial charge is 0.316 e. The molecule has 2 aromatic heterocycles. The molecule has 0 amide bonds. The molecule has 9 nitrogen and oxygen atoms in total. The molecule has 6 rings (SSSR count). The second-order valence-electron chi connectivity index (χ2n) is 11.3.